The van der Waals surface area contributed by atoms with Gasteiger partial charge in [0.2, 0.25) is 11.7 Å². The summed E-state index contributed by atoms with van der Waals surface area (Å²) < 4.78 is 47.9. The Kier molecular flexibility index (Phi) is 4.72. The maximum Gasteiger partial charge on any atom is 0.530 e. The largest absolute Gasteiger partial charge is 0.530 e. The Morgan fingerprint density at radius 2 is 2.11 bits per heavy atom. The van der Waals surface area contributed by atoms with E-state index in [-0.39, 0.29) is 30.6 Å². The molecule has 3 heterocycles. The topological polar surface area (TPSA) is 113 Å². The van der Waals surface area contributed by atoms with Gasteiger partial charge < -0.3 is 8.94 Å². The number of H-pyrrole nitrogens is 1. The van der Waals surface area contributed by atoms with Gasteiger partial charge in [-0.2, -0.15) is 4.39 Å². The molecule has 0 amide bonds. The Bertz CT molecular complexity index is 1220. The predicted molar refractivity (Wildman–Crippen MR) is 94.1 cm³/mol. The molecule has 0 spiro atoms. The number of nitrogens with zero attached hydrogens (tertiary/aromatic N) is 1. The molecule has 2 aromatic heterocycles. The molecule has 1 aliphatic heterocycles. The highest BCUT2D eigenvalue weighted by Gasteiger charge is 2.37. The van der Waals surface area contributed by atoms with Crippen molar-refractivity contribution in [3.63, 3.8) is 0 Å². The van der Waals surface area contributed by atoms with Gasteiger partial charge in [0.15, 0.2) is 11.5 Å². The quantitative estimate of drug-likeness (QED) is 0.635. The molecule has 1 N–H and O–H groups in total. The van der Waals surface area contributed by atoms with E-state index < -0.39 is 24.9 Å². The minimum Gasteiger partial charge on any atom is -0.438 e. The van der Waals surface area contributed by atoms with Crippen molar-refractivity contribution in [1.82, 2.24) is 9.55 Å². The fourth-order valence-corrected chi connectivity index (χ4v) is 3.76. The first-order chi connectivity index (χ1) is 13.3. The first kappa shape index (κ1) is 18.7. The van der Waals surface area contributed by atoms with E-state index >= 15 is 0 Å². The Labute approximate surface area is 160 Å². The van der Waals surface area contributed by atoms with Crippen molar-refractivity contribution in [1.29, 1.82) is 0 Å². The van der Waals surface area contributed by atoms with Crippen LogP contribution in [0.2, 0.25) is 5.02 Å². The molecule has 12 heteroatoms. The van der Waals surface area contributed by atoms with E-state index in [2.05, 4.69) is 0 Å². The fraction of sp³-hybridized carbons (Fsp3) is 0.125. The molecule has 146 valence electrons. The molecular formula is C16H11ClFN2O7P. The Morgan fingerprint density at radius 1 is 1.32 bits per heavy atom. The van der Waals surface area contributed by atoms with Crippen molar-refractivity contribution in [2.75, 3.05) is 0 Å². The zero-order chi connectivity index (χ0) is 19.9. The number of hydrogen-bond donors (Lipinski definition) is 1. The molecule has 0 fully saturated rings. The van der Waals surface area contributed by atoms with Crippen LogP contribution in [0.25, 0.3) is 5.88 Å². The first-order valence-electron chi connectivity index (χ1n) is 7.81. The van der Waals surface area contributed by atoms with Crippen LogP contribution in [0.15, 0.2) is 50.5 Å². The number of rotatable bonds is 4. The third kappa shape index (κ3) is 3.55. The summed E-state index contributed by atoms with van der Waals surface area (Å²) >= 11 is 6.02. The molecule has 28 heavy (non-hydrogen) atoms. The van der Waals surface area contributed by atoms with Crippen molar-refractivity contribution < 1.29 is 26.9 Å². The zero-order valence-corrected chi connectivity index (χ0v) is 15.5. The summed E-state index contributed by atoms with van der Waals surface area (Å²) in [5.74, 6) is -1.23. The minimum atomic E-state index is -3.98. The number of hydrogen-bond acceptors (Lipinski definition) is 7. The summed E-state index contributed by atoms with van der Waals surface area (Å²) in [6.07, 6.45) is 0.666. The van der Waals surface area contributed by atoms with Crippen molar-refractivity contribution in [2.45, 2.75) is 13.2 Å². The van der Waals surface area contributed by atoms with Gasteiger partial charge >= 0.3 is 13.5 Å². The summed E-state index contributed by atoms with van der Waals surface area (Å²) in [7, 11) is -3.98. The van der Waals surface area contributed by atoms with Crippen molar-refractivity contribution in [2.24, 2.45) is 0 Å². The average Bonchev–Trinajstić information content (AvgIpc) is 3.06. The van der Waals surface area contributed by atoms with Gasteiger partial charge in [-0.25, -0.2) is 13.9 Å². The van der Waals surface area contributed by atoms with Crippen molar-refractivity contribution in [3.05, 3.63) is 79.5 Å². The van der Waals surface area contributed by atoms with Crippen LogP contribution in [0.3, 0.4) is 0 Å². The highest BCUT2D eigenvalue weighted by Crippen LogP contribution is 2.55. The number of benzene rings is 1. The summed E-state index contributed by atoms with van der Waals surface area (Å²) in [4.78, 5) is 24.8. The van der Waals surface area contributed by atoms with Crippen LogP contribution in [-0.2, 0) is 26.8 Å². The molecule has 0 aliphatic carbocycles. The third-order valence-corrected chi connectivity index (χ3v) is 5.47. The van der Waals surface area contributed by atoms with Crippen LogP contribution in [0.4, 0.5) is 4.39 Å². The van der Waals surface area contributed by atoms with Crippen LogP contribution >= 0.6 is 19.4 Å². The van der Waals surface area contributed by atoms with Gasteiger partial charge in [-0.1, -0.05) is 29.8 Å². The molecule has 0 bridgehead atoms. The lowest BCUT2D eigenvalue weighted by molar-refractivity contribution is 0.118. The van der Waals surface area contributed by atoms with Gasteiger partial charge in [0.25, 0.3) is 5.56 Å². The second-order valence-electron chi connectivity index (χ2n) is 5.66. The normalized spacial score (nSPS) is 18.5. The Balaban J connectivity index is 1.57. The standard InChI is InChI=1S/C16H11ClFN2O7P/c17-10-4-2-1-3-9(10)7-24-28(23)25-8-13-12(27-28)5-14(26-13)20-6-11(18)15(21)19-16(20)22/h1-6H,7-8H2,(H,19,21,22). The average molecular weight is 429 g/mol. The SMILES string of the molecule is O=c1[nH]c(=O)n(-c2cc3c(o2)COP(=O)(OCc2ccccc2Cl)O3)cc1F. The maximum atomic E-state index is 13.5. The Hall–Kier alpha value is -2.65. The van der Waals surface area contributed by atoms with Crippen LogP contribution in [-0.4, -0.2) is 9.55 Å². The monoisotopic (exact) mass is 428 g/mol. The molecule has 0 saturated carbocycles. The van der Waals surface area contributed by atoms with Crippen molar-refractivity contribution in [3.8, 4) is 11.6 Å². The van der Waals surface area contributed by atoms with Gasteiger partial charge in [0, 0.05) is 11.1 Å². The lowest BCUT2D eigenvalue weighted by Gasteiger charge is -2.21. The van der Waals surface area contributed by atoms with Crippen LogP contribution < -0.4 is 15.8 Å². The van der Waals surface area contributed by atoms with Gasteiger partial charge in [0.05, 0.1) is 12.8 Å². The number of aromatic nitrogens is 2. The van der Waals surface area contributed by atoms with E-state index in [1.165, 1.54) is 6.07 Å². The van der Waals surface area contributed by atoms with E-state index in [0.29, 0.717) is 16.8 Å². The molecule has 1 aliphatic rings. The lowest BCUT2D eigenvalue weighted by Crippen LogP contribution is -2.30. The Morgan fingerprint density at radius 3 is 2.89 bits per heavy atom. The van der Waals surface area contributed by atoms with Crippen molar-refractivity contribution >= 4 is 19.4 Å². The highest BCUT2D eigenvalue weighted by atomic mass is 35.5. The van der Waals surface area contributed by atoms with Gasteiger partial charge in [-0.15, -0.1) is 0 Å². The van der Waals surface area contributed by atoms with E-state index in [9.17, 15) is 18.5 Å². The van der Waals surface area contributed by atoms with E-state index in [1.54, 1.807) is 29.2 Å². The molecule has 1 unspecified atom stereocenters. The molecular weight excluding hydrogens is 418 g/mol. The van der Waals surface area contributed by atoms with E-state index in [0.717, 1.165) is 4.57 Å². The number of phosphoric ester groups is 1. The van der Waals surface area contributed by atoms with Gasteiger partial charge in [0.1, 0.15) is 6.61 Å². The van der Waals surface area contributed by atoms with Crippen LogP contribution in [0.5, 0.6) is 5.75 Å². The molecule has 9 nitrogen and oxygen atoms in total. The fourth-order valence-electron chi connectivity index (χ4n) is 2.42. The number of furan rings is 1. The smallest absolute Gasteiger partial charge is 0.438 e. The number of fused-ring (bicyclic) bond motifs is 1. The van der Waals surface area contributed by atoms with Crippen LogP contribution in [0.1, 0.15) is 11.3 Å². The molecule has 1 aromatic carbocycles. The second-order valence-corrected chi connectivity index (χ2v) is 7.66. The predicted octanol–water partition coefficient (Wildman–Crippen LogP) is 3.15. The van der Waals surface area contributed by atoms with E-state index in [4.69, 9.17) is 29.6 Å². The number of nitrogens with one attached hydrogen (secondary N) is 1. The minimum absolute atomic E-state index is 0.00208. The molecule has 0 radical (unpaired) electrons. The molecule has 1 atom stereocenters. The summed E-state index contributed by atoms with van der Waals surface area (Å²) in [6, 6.07) is 8.03. The number of halogens is 2. The number of phosphoric acid groups is 1. The third-order valence-electron chi connectivity index (χ3n) is 3.79. The van der Waals surface area contributed by atoms with Gasteiger partial charge in [-0.3, -0.25) is 18.8 Å². The lowest BCUT2D eigenvalue weighted by atomic mass is 10.2. The molecule has 4 rings (SSSR count). The van der Waals surface area contributed by atoms with Crippen LogP contribution in [0, 0.1) is 5.82 Å². The maximum absolute atomic E-state index is 13.5. The van der Waals surface area contributed by atoms with Gasteiger partial charge in [-0.05, 0) is 11.6 Å². The summed E-state index contributed by atoms with van der Waals surface area (Å²) in [6.45, 7) is -0.392. The molecule has 3 aromatic rings. The highest BCUT2D eigenvalue weighted by molar-refractivity contribution is 7.49. The summed E-state index contributed by atoms with van der Waals surface area (Å²) in [5.41, 5.74) is -1.49. The second kappa shape index (κ2) is 7.06. The van der Waals surface area contributed by atoms with E-state index in [1.807, 2.05) is 0 Å². The zero-order valence-electron chi connectivity index (χ0n) is 13.9. The molecule has 0 saturated heterocycles. The number of aromatic amines is 1. The first-order valence-corrected chi connectivity index (χ1v) is 9.65. The summed E-state index contributed by atoms with van der Waals surface area (Å²) in [5, 5.41) is 0.428.